The monoisotopic (exact) mass is 381 g/mol. The summed E-state index contributed by atoms with van der Waals surface area (Å²) in [7, 11) is 2.14. The summed E-state index contributed by atoms with van der Waals surface area (Å²) < 4.78 is 2.24. The molecule has 0 N–H and O–H groups in total. The first kappa shape index (κ1) is 19.3. The molecule has 2 aromatic heterocycles. The van der Waals surface area contributed by atoms with E-state index in [9.17, 15) is 0 Å². The summed E-state index contributed by atoms with van der Waals surface area (Å²) in [6, 6.07) is 20.1. The third-order valence-electron chi connectivity index (χ3n) is 6.11. The van der Waals surface area contributed by atoms with Gasteiger partial charge >= 0.3 is 0 Å². The molecule has 0 radical (unpaired) electrons. The van der Waals surface area contributed by atoms with Gasteiger partial charge < -0.3 is 0 Å². The smallest absolute Gasteiger partial charge is 0.220 e. The van der Waals surface area contributed by atoms with Crippen LogP contribution in [0.4, 0.5) is 0 Å². The van der Waals surface area contributed by atoms with Crippen LogP contribution in [0, 0.1) is 6.92 Å². The van der Waals surface area contributed by atoms with Crippen LogP contribution < -0.4 is 4.57 Å². The van der Waals surface area contributed by atoms with Gasteiger partial charge in [-0.3, -0.25) is 4.98 Å². The maximum atomic E-state index is 4.29. The Balaban J connectivity index is 1.91. The average Bonchev–Trinajstić information content (AvgIpc) is 2.76. The van der Waals surface area contributed by atoms with Crippen molar-refractivity contribution in [2.75, 3.05) is 0 Å². The molecule has 0 spiro atoms. The van der Waals surface area contributed by atoms with Crippen LogP contribution >= 0.6 is 0 Å². The number of fused-ring (bicyclic) bond motifs is 1. The molecule has 0 unspecified atom stereocenters. The highest BCUT2D eigenvalue weighted by molar-refractivity contribution is 5.94. The molecule has 2 heteroatoms. The van der Waals surface area contributed by atoms with Crippen LogP contribution in [0.5, 0.6) is 0 Å². The fourth-order valence-electron chi connectivity index (χ4n) is 4.33. The first-order chi connectivity index (χ1) is 14.1. The number of hydrogen-bond acceptors (Lipinski definition) is 1. The molecule has 0 aliphatic rings. The van der Waals surface area contributed by atoms with Crippen molar-refractivity contribution in [2.24, 2.45) is 7.05 Å². The van der Waals surface area contributed by atoms with Gasteiger partial charge in [0.05, 0.1) is 10.9 Å². The Morgan fingerprint density at radius 2 is 1.76 bits per heavy atom. The van der Waals surface area contributed by atoms with Gasteiger partial charge in [-0.25, -0.2) is 4.57 Å². The van der Waals surface area contributed by atoms with Crippen molar-refractivity contribution < 1.29 is 4.57 Å². The lowest BCUT2D eigenvalue weighted by molar-refractivity contribution is -0.659. The van der Waals surface area contributed by atoms with Crippen molar-refractivity contribution in [3.8, 4) is 22.4 Å². The molecule has 4 rings (SSSR count). The Hall–Kier alpha value is -3.00. The topological polar surface area (TPSA) is 16.8 Å². The second-order valence-electron chi connectivity index (χ2n) is 7.91. The summed E-state index contributed by atoms with van der Waals surface area (Å²) in [6.07, 6.45) is 8.30. The van der Waals surface area contributed by atoms with Crippen LogP contribution in [0.3, 0.4) is 0 Å². The summed E-state index contributed by atoms with van der Waals surface area (Å²) in [5, 5.41) is 2.62. The van der Waals surface area contributed by atoms with Gasteiger partial charge in [0.15, 0.2) is 6.20 Å². The van der Waals surface area contributed by atoms with E-state index < -0.39 is 0 Å². The molecule has 2 aromatic carbocycles. The molecule has 0 amide bonds. The van der Waals surface area contributed by atoms with Gasteiger partial charge in [0.1, 0.15) is 7.05 Å². The third-order valence-corrected chi connectivity index (χ3v) is 6.11. The summed E-state index contributed by atoms with van der Waals surface area (Å²) in [4.78, 5) is 4.29. The second kappa shape index (κ2) is 8.16. The summed E-state index contributed by atoms with van der Waals surface area (Å²) in [5.41, 5.74) is 7.61. The summed E-state index contributed by atoms with van der Waals surface area (Å²) >= 11 is 0. The number of benzene rings is 2. The second-order valence-corrected chi connectivity index (χ2v) is 7.91. The van der Waals surface area contributed by atoms with Gasteiger partial charge in [0.2, 0.25) is 5.69 Å². The number of aromatic nitrogens is 2. The lowest BCUT2D eigenvalue weighted by Gasteiger charge is -2.15. The van der Waals surface area contributed by atoms with Crippen LogP contribution in [0.2, 0.25) is 0 Å². The maximum absolute atomic E-state index is 4.29. The molecular formula is C27H29N2+. The minimum Gasteiger partial charge on any atom is -0.264 e. The molecule has 2 heterocycles. The fourth-order valence-corrected chi connectivity index (χ4v) is 4.33. The molecule has 0 fully saturated rings. The molecule has 29 heavy (non-hydrogen) atoms. The minimum absolute atomic E-state index is 0.632. The van der Waals surface area contributed by atoms with E-state index in [1.807, 2.05) is 18.5 Å². The van der Waals surface area contributed by atoms with E-state index in [0.29, 0.717) is 5.92 Å². The van der Waals surface area contributed by atoms with Gasteiger partial charge in [-0.05, 0) is 66.0 Å². The van der Waals surface area contributed by atoms with Crippen molar-refractivity contribution in [2.45, 2.75) is 39.5 Å². The standard InChI is InChI=1S/C27H29N2/c1-5-20(6-2)21-11-12-25-23(16-21)13-15-29(4)27(25)26-17-22(10-9-19(26)3)24-8-7-14-28-18-24/h7-18,20H,5-6H2,1-4H3/q+1. The van der Waals surface area contributed by atoms with Crippen LogP contribution in [0.15, 0.2) is 73.2 Å². The molecule has 0 atom stereocenters. The van der Waals surface area contributed by atoms with Gasteiger partial charge in [-0.15, -0.1) is 0 Å². The number of hydrogen-bond donors (Lipinski definition) is 0. The number of aryl methyl sites for hydroxylation is 2. The summed E-state index contributed by atoms with van der Waals surface area (Å²) in [6.45, 7) is 6.75. The molecule has 146 valence electrons. The largest absolute Gasteiger partial charge is 0.264 e. The Bertz CT molecular complexity index is 1140. The molecular weight excluding hydrogens is 352 g/mol. The van der Waals surface area contributed by atoms with E-state index in [1.165, 1.54) is 51.6 Å². The van der Waals surface area contributed by atoms with Crippen LogP contribution in [0.1, 0.15) is 43.7 Å². The Labute approximate surface area is 173 Å². The Morgan fingerprint density at radius 1 is 0.931 bits per heavy atom. The predicted octanol–water partition coefficient (Wildman–Crippen LogP) is 6.61. The number of pyridine rings is 2. The Morgan fingerprint density at radius 3 is 2.48 bits per heavy atom. The SMILES string of the molecule is CCC(CC)c1ccc2c(-c3cc(-c4cccnc4)ccc3C)[n+](C)ccc2c1. The van der Waals surface area contributed by atoms with Gasteiger partial charge in [0, 0.05) is 24.0 Å². The predicted molar refractivity (Wildman–Crippen MR) is 122 cm³/mol. The fraction of sp³-hybridized carbons (Fsp3) is 0.259. The lowest BCUT2D eigenvalue weighted by Crippen LogP contribution is -2.30. The molecule has 2 nitrogen and oxygen atoms in total. The summed E-state index contributed by atoms with van der Waals surface area (Å²) in [5.74, 6) is 0.632. The first-order valence-corrected chi connectivity index (χ1v) is 10.6. The molecule has 0 saturated carbocycles. The zero-order valence-electron chi connectivity index (χ0n) is 17.8. The van der Waals surface area contributed by atoms with Crippen molar-refractivity contribution in [3.63, 3.8) is 0 Å². The van der Waals surface area contributed by atoms with Crippen LogP contribution in [0.25, 0.3) is 33.2 Å². The highest BCUT2D eigenvalue weighted by Gasteiger charge is 2.19. The number of nitrogens with zero attached hydrogens (tertiary/aromatic N) is 2. The van der Waals surface area contributed by atoms with Gasteiger partial charge in [0.25, 0.3) is 0 Å². The minimum atomic E-state index is 0.632. The average molecular weight is 382 g/mol. The van der Waals surface area contributed by atoms with Crippen molar-refractivity contribution >= 4 is 10.8 Å². The zero-order chi connectivity index (χ0) is 20.4. The van der Waals surface area contributed by atoms with E-state index in [-0.39, 0.29) is 0 Å². The molecule has 4 aromatic rings. The van der Waals surface area contributed by atoms with E-state index in [1.54, 1.807) is 0 Å². The van der Waals surface area contributed by atoms with Gasteiger partial charge in [-0.2, -0.15) is 0 Å². The quantitative estimate of drug-likeness (QED) is 0.356. The van der Waals surface area contributed by atoms with E-state index >= 15 is 0 Å². The maximum Gasteiger partial charge on any atom is 0.220 e. The Kier molecular flexibility index (Phi) is 5.44. The molecule has 0 saturated heterocycles. The third kappa shape index (κ3) is 3.67. The van der Waals surface area contributed by atoms with Crippen molar-refractivity contribution in [3.05, 3.63) is 84.3 Å². The van der Waals surface area contributed by atoms with Crippen molar-refractivity contribution in [1.82, 2.24) is 4.98 Å². The molecule has 0 aliphatic heterocycles. The highest BCUT2D eigenvalue weighted by Crippen LogP contribution is 2.33. The highest BCUT2D eigenvalue weighted by atomic mass is 14.9. The first-order valence-electron chi connectivity index (χ1n) is 10.6. The van der Waals surface area contributed by atoms with E-state index in [4.69, 9.17) is 0 Å². The number of rotatable bonds is 5. The van der Waals surface area contributed by atoms with Crippen LogP contribution in [-0.2, 0) is 7.05 Å². The molecule has 0 aliphatic carbocycles. The van der Waals surface area contributed by atoms with Gasteiger partial charge in [-0.1, -0.05) is 44.2 Å². The van der Waals surface area contributed by atoms with E-state index in [0.717, 1.165) is 5.56 Å². The molecule has 0 bridgehead atoms. The van der Waals surface area contributed by atoms with E-state index in [2.05, 4.69) is 92.1 Å². The lowest BCUT2D eigenvalue weighted by atomic mass is 9.90. The van der Waals surface area contributed by atoms with Crippen molar-refractivity contribution in [1.29, 1.82) is 0 Å². The zero-order valence-corrected chi connectivity index (χ0v) is 17.8. The normalized spacial score (nSPS) is 11.3. The van der Waals surface area contributed by atoms with Crippen LogP contribution in [-0.4, -0.2) is 4.98 Å².